The highest BCUT2D eigenvalue weighted by Gasteiger charge is 1.98. The number of hydrogen-bond acceptors (Lipinski definition) is 1. The quantitative estimate of drug-likeness (QED) is 0.301. The standard InChI is InChI=1S/C7H5Cl2N3/c8-4-5-3-6(11-12-10)1-2-7(5)9/h1-3H,4H2. The van der Waals surface area contributed by atoms with Gasteiger partial charge in [0.1, 0.15) is 0 Å². The van der Waals surface area contributed by atoms with Gasteiger partial charge in [0.05, 0.1) is 0 Å². The van der Waals surface area contributed by atoms with E-state index in [0.717, 1.165) is 5.56 Å². The highest BCUT2D eigenvalue weighted by molar-refractivity contribution is 6.32. The summed E-state index contributed by atoms with van der Waals surface area (Å²) in [6.07, 6.45) is 0. The number of halogens is 2. The van der Waals surface area contributed by atoms with Gasteiger partial charge in [0, 0.05) is 21.5 Å². The number of azide groups is 1. The lowest BCUT2D eigenvalue weighted by Gasteiger charge is -1.99. The number of alkyl halides is 1. The van der Waals surface area contributed by atoms with Crippen LogP contribution in [0.1, 0.15) is 5.56 Å². The van der Waals surface area contributed by atoms with Crippen LogP contribution in [0.2, 0.25) is 5.02 Å². The molecule has 12 heavy (non-hydrogen) atoms. The maximum atomic E-state index is 8.14. The molecule has 3 nitrogen and oxygen atoms in total. The monoisotopic (exact) mass is 201 g/mol. The third kappa shape index (κ3) is 2.05. The van der Waals surface area contributed by atoms with E-state index < -0.39 is 0 Å². The Kier molecular flexibility index (Phi) is 3.23. The van der Waals surface area contributed by atoms with E-state index in [9.17, 15) is 0 Å². The van der Waals surface area contributed by atoms with Gasteiger partial charge in [-0.25, -0.2) is 0 Å². The van der Waals surface area contributed by atoms with Crippen molar-refractivity contribution in [1.29, 1.82) is 0 Å². The summed E-state index contributed by atoms with van der Waals surface area (Å²) in [6.45, 7) is 0. The zero-order chi connectivity index (χ0) is 8.97. The molecule has 1 aromatic rings. The van der Waals surface area contributed by atoms with E-state index in [1.807, 2.05) is 0 Å². The van der Waals surface area contributed by atoms with Crippen molar-refractivity contribution >= 4 is 28.9 Å². The van der Waals surface area contributed by atoms with Crippen LogP contribution in [-0.4, -0.2) is 0 Å². The van der Waals surface area contributed by atoms with Crippen LogP contribution < -0.4 is 0 Å². The Morgan fingerprint density at radius 1 is 1.50 bits per heavy atom. The molecule has 0 amide bonds. The van der Waals surface area contributed by atoms with Gasteiger partial charge in [-0.05, 0) is 23.2 Å². The molecule has 0 aliphatic heterocycles. The smallest absolute Gasteiger partial charge is 0.0488 e. The number of nitrogens with zero attached hydrogens (tertiary/aromatic N) is 3. The Labute approximate surface area is 79.5 Å². The molecule has 1 aromatic carbocycles. The molecule has 5 heteroatoms. The Morgan fingerprint density at radius 3 is 2.83 bits per heavy atom. The number of hydrogen-bond donors (Lipinski definition) is 0. The van der Waals surface area contributed by atoms with Gasteiger partial charge in [-0.2, -0.15) is 0 Å². The van der Waals surface area contributed by atoms with Crippen LogP contribution in [0.25, 0.3) is 10.4 Å². The van der Waals surface area contributed by atoms with E-state index in [1.165, 1.54) is 0 Å². The summed E-state index contributed by atoms with van der Waals surface area (Å²) in [5.74, 6) is 0.313. The van der Waals surface area contributed by atoms with Gasteiger partial charge in [-0.15, -0.1) is 11.6 Å². The van der Waals surface area contributed by atoms with Crippen molar-refractivity contribution in [2.45, 2.75) is 5.88 Å². The van der Waals surface area contributed by atoms with E-state index >= 15 is 0 Å². The largest absolute Gasteiger partial charge is 0.121 e. The van der Waals surface area contributed by atoms with Crippen LogP contribution in [0, 0.1) is 0 Å². The predicted molar refractivity (Wildman–Crippen MR) is 49.8 cm³/mol. The van der Waals surface area contributed by atoms with E-state index in [4.69, 9.17) is 28.7 Å². The molecule has 0 saturated heterocycles. The fourth-order valence-corrected chi connectivity index (χ4v) is 1.25. The van der Waals surface area contributed by atoms with Gasteiger partial charge in [-0.1, -0.05) is 22.8 Å². The summed E-state index contributed by atoms with van der Waals surface area (Å²) in [7, 11) is 0. The molecule has 0 aliphatic carbocycles. The molecule has 0 aliphatic rings. The SMILES string of the molecule is [N-]=[N+]=Nc1ccc(Cl)c(CCl)c1. The van der Waals surface area contributed by atoms with Crippen molar-refractivity contribution in [3.8, 4) is 0 Å². The van der Waals surface area contributed by atoms with Crippen LogP contribution in [0.4, 0.5) is 5.69 Å². The zero-order valence-corrected chi connectivity index (χ0v) is 7.55. The second kappa shape index (κ2) is 4.21. The van der Waals surface area contributed by atoms with Gasteiger partial charge in [0.2, 0.25) is 0 Å². The minimum Gasteiger partial charge on any atom is -0.121 e. The van der Waals surface area contributed by atoms with Crippen LogP contribution in [-0.2, 0) is 5.88 Å². The lowest BCUT2D eigenvalue weighted by atomic mass is 10.2. The molecular formula is C7H5Cl2N3. The van der Waals surface area contributed by atoms with Gasteiger partial charge in [0.15, 0.2) is 0 Å². The number of benzene rings is 1. The first kappa shape index (κ1) is 9.20. The van der Waals surface area contributed by atoms with Crippen LogP contribution in [0.5, 0.6) is 0 Å². The molecule has 0 unspecified atom stereocenters. The van der Waals surface area contributed by atoms with Gasteiger partial charge in [0.25, 0.3) is 0 Å². The average molecular weight is 202 g/mol. The van der Waals surface area contributed by atoms with E-state index in [0.29, 0.717) is 16.6 Å². The number of rotatable bonds is 2. The van der Waals surface area contributed by atoms with E-state index in [-0.39, 0.29) is 0 Å². The molecule has 0 spiro atoms. The maximum absolute atomic E-state index is 8.14. The Bertz CT molecular complexity index is 331. The summed E-state index contributed by atoms with van der Waals surface area (Å²) >= 11 is 11.4. The first-order valence-corrected chi connectivity index (χ1v) is 4.08. The molecule has 0 saturated carbocycles. The lowest BCUT2D eigenvalue weighted by molar-refractivity contribution is 1.37. The minimum absolute atomic E-state index is 0.313. The van der Waals surface area contributed by atoms with Crippen molar-refractivity contribution in [2.24, 2.45) is 5.11 Å². The van der Waals surface area contributed by atoms with E-state index in [2.05, 4.69) is 10.0 Å². The molecule has 62 valence electrons. The second-order valence-corrected chi connectivity index (χ2v) is 2.77. The topological polar surface area (TPSA) is 48.8 Å². The Morgan fingerprint density at radius 2 is 2.25 bits per heavy atom. The summed E-state index contributed by atoms with van der Waals surface area (Å²) < 4.78 is 0. The second-order valence-electron chi connectivity index (χ2n) is 2.10. The molecule has 0 aromatic heterocycles. The third-order valence-electron chi connectivity index (χ3n) is 1.33. The summed E-state index contributed by atoms with van der Waals surface area (Å²) in [4.78, 5) is 2.65. The Hall–Kier alpha value is -0.890. The lowest BCUT2D eigenvalue weighted by Crippen LogP contribution is -1.78. The van der Waals surface area contributed by atoms with Gasteiger partial charge in [-0.3, -0.25) is 0 Å². The normalized spacial score (nSPS) is 9.17. The van der Waals surface area contributed by atoms with Crippen molar-refractivity contribution < 1.29 is 0 Å². The molecule has 1 rings (SSSR count). The maximum Gasteiger partial charge on any atom is 0.0488 e. The fraction of sp³-hybridized carbons (Fsp3) is 0.143. The molecule has 0 N–H and O–H groups in total. The third-order valence-corrected chi connectivity index (χ3v) is 1.99. The van der Waals surface area contributed by atoms with Crippen molar-refractivity contribution in [3.63, 3.8) is 0 Å². The van der Waals surface area contributed by atoms with Crippen LogP contribution in [0.3, 0.4) is 0 Å². The summed E-state index contributed by atoms with van der Waals surface area (Å²) in [6, 6.07) is 4.95. The first-order valence-electron chi connectivity index (χ1n) is 3.17. The van der Waals surface area contributed by atoms with Gasteiger partial charge >= 0.3 is 0 Å². The molecule has 0 atom stereocenters. The highest BCUT2D eigenvalue weighted by atomic mass is 35.5. The summed E-state index contributed by atoms with van der Waals surface area (Å²) in [5.41, 5.74) is 9.44. The van der Waals surface area contributed by atoms with Gasteiger partial charge < -0.3 is 0 Å². The van der Waals surface area contributed by atoms with Crippen molar-refractivity contribution in [1.82, 2.24) is 0 Å². The first-order chi connectivity index (χ1) is 5.77. The summed E-state index contributed by atoms with van der Waals surface area (Å²) in [5, 5.41) is 4.00. The fourth-order valence-electron chi connectivity index (χ4n) is 0.777. The molecule has 0 fully saturated rings. The minimum atomic E-state index is 0.313. The van der Waals surface area contributed by atoms with Crippen LogP contribution >= 0.6 is 23.2 Å². The average Bonchev–Trinajstić information content (AvgIpc) is 2.09. The predicted octanol–water partition coefficient (Wildman–Crippen LogP) is 4.02. The van der Waals surface area contributed by atoms with Crippen LogP contribution in [0.15, 0.2) is 23.3 Å². The van der Waals surface area contributed by atoms with E-state index in [1.54, 1.807) is 18.2 Å². The molecule has 0 bridgehead atoms. The Balaban J connectivity index is 3.13. The molecular weight excluding hydrogens is 197 g/mol. The van der Waals surface area contributed by atoms with Crippen molar-refractivity contribution in [2.75, 3.05) is 0 Å². The highest BCUT2D eigenvalue weighted by Crippen LogP contribution is 2.23. The molecule has 0 radical (unpaired) electrons. The zero-order valence-electron chi connectivity index (χ0n) is 6.04. The molecule has 0 heterocycles. The van der Waals surface area contributed by atoms with Crippen molar-refractivity contribution in [3.05, 3.63) is 39.2 Å².